The topological polar surface area (TPSA) is 38.3 Å². The van der Waals surface area contributed by atoms with E-state index in [2.05, 4.69) is 5.32 Å². The fourth-order valence-electron chi connectivity index (χ4n) is 2.11. The van der Waals surface area contributed by atoms with Crippen molar-refractivity contribution in [3.63, 3.8) is 0 Å². The molecule has 22 heavy (non-hydrogen) atoms. The van der Waals surface area contributed by atoms with Gasteiger partial charge in [-0.2, -0.15) is 0 Å². The predicted molar refractivity (Wildman–Crippen MR) is 88.7 cm³/mol. The molecule has 2 atom stereocenters. The van der Waals surface area contributed by atoms with Crippen LogP contribution in [0, 0.1) is 0 Å². The minimum atomic E-state index is -0.523. The smallest absolute Gasteiger partial charge is 0.249 e. The quantitative estimate of drug-likeness (QED) is 0.870. The summed E-state index contributed by atoms with van der Waals surface area (Å²) in [5.74, 6) is -0.150. The van der Waals surface area contributed by atoms with E-state index in [0.717, 1.165) is 11.1 Å². The molecule has 2 unspecified atom stereocenters. The lowest BCUT2D eigenvalue weighted by Crippen LogP contribution is -2.36. The summed E-state index contributed by atoms with van der Waals surface area (Å²) in [6, 6.07) is 17.1. The molecule has 0 saturated carbocycles. The maximum Gasteiger partial charge on any atom is 0.249 e. The molecular weight excluding hydrogens is 298 g/mol. The standard InChI is InChI=1S/C18H20ClNO2/c1-13(16-10-6-7-11-17(16)19)20-18(21)14(2)22-12-15-8-4-3-5-9-15/h3-11,13-14H,12H2,1-2H3,(H,20,21). The second-order valence-corrected chi connectivity index (χ2v) is 5.60. The van der Waals surface area contributed by atoms with Crippen molar-refractivity contribution in [2.45, 2.75) is 32.6 Å². The van der Waals surface area contributed by atoms with Crippen molar-refractivity contribution in [1.29, 1.82) is 0 Å². The molecule has 2 aromatic carbocycles. The van der Waals surface area contributed by atoms with Crippen LogP contribution in [-0.4, -0.2) is 12.0 Å². The van der Waals surface area contributed by atoms with Crippen molar-refractivity contribution in [2.75, 3.05) is 0 Å². The molecule has 1 N–H and O–H groups in total. The van der Waals surface area contributed by atoms with Gasteiger partial charge in [-0.15, -0.1) is 0 Å². The summed E-state index contributed by atoms with van der Waals surface area (Å²) in [5.41, 5.74) is 1.94. The number of rotatable bonds is 6. The zero-order valence-electron chi connectivity index (χ0n) is 12.8. The lowest BCUT2D eigenvalue weighted by Gasteiger charge is -2.19. The van der Waals surface area contributed by atoms with Crippen LogP contribution in [0.15, 0.2) is 54.6 Å². The maximum atomic E-state index is 12.2. The molecule has 2 rings (SSSR count). The van der Waals surface area contributed by atoms with Gasteiger partial charge < -0.3 is 10.1 Å². The van der Waals surface area contributed by atoms with Crippen LogP contribution in [0.2, 0.25) is 5.02 Å². The third kappa shape index (κ3) is 4.58. The minimum Gasteiger partial charge on any atom is -0.364 e. The summed E-state index contributed by atoms with van der Waals surface area (Å²) in [6.07, 6.45) is -0.523. The third-order valence-electron chi connectivity index (χ3n) is 3.44. The molecule has 1 amide bonds. The van der Waals surface area contributed by atoms with Crippen LogP contribution in [0.1, 0.15) is 31.0 Å². The van der Waals surface area contributed by atoms with E-state index in [0.29, 0.717) is 11.6 Å². The molecular formula is C18H20ClNO2. The van der Waals surface area contributed by atoms with Crippen LogP contribution >= 0.6 is 11.6 Å². The Morgan fingerprint density at radius 2 is 1.73 bits per heavy atom. The molecule has 0 aliphatic heterocycles. The summed E-state index contributed by atoms with van der Waals surface area (Å²) in [6.45, 7) is 4.07. The summed E-state index contributed by atoms with van der Waals surface area (Å²) in [7, 11) is 0. The van der Waals surface area contributed by atoms with Gasteiger partial charge in [0.1, 0.15) is 6.10 Å². The van der Waals surface area contributed by atoms with Gasteiger partial charge in [0.15, 0.2) is 0 Å². The number of halogens is 1. The van der Waals surface area contributed by atoms with E-state index >= 15 is 0 Å². The summed E-state index contributed by atoms with van der Waals surface area (Å²) >= 11 is 6.14. The molecule has 3 nitrogen and oxygen atoms in total. The molecule has 4 heteroatoms. The van der Waals surface area contributed by atoms with E-state index in [-0.39, 0.29) is 11.9 Å². The second kappa shape index (κ2) is 7.97. The lowest BCUT2D eigenvalue weighted by atomic mass is 10.1. The van der Waals surface area contributed by atoms with Crippen molar-refractivity contribution < 1.29 is 9.53 Å². The third-order valence-corrected chi connectivity index (χ3v) is 3.79. The van der Waals surface area contributed by atoms with Gasteiger partial charge in [-0.1, -0.05) is 60.1 Å². The molecule has 0 aliphatic rings. The van der Waals surface area contributed by atoms with Crippen LogP contribution in [-0.2, 0) is 16.1 Å². The highest BCUT2D eigenvalue weighted by atomic mass is 35.5. The lowest BCUT2D eigenvalue weighted by molar-refractivity contribution is -0.133. The monoisotopic (exact) mass is 317 g/mol. The minimum absolute atomic E-state index is 0.150. The molecule has 0 spiro atoms. The van der Waals surface area contributed by atoms with Crippen LogP contribution in [0.5, 0.6) is 0 Å². The average Bonchev–Trinajstić information content (AvgIpc) is 2.53. The Balaban J connectivity index is 1.87. The first-order valence-electron chi connectivity index (χ1n) is 7.28. The van der Waals surface area contributed by atoms with Gasteiger partial charge in [0.2, 0.25) is 5.91 Å². The number of benzene rings is 2. The Morgan fingerprint density at radius 3 is 2.41 bits per heavy atom. The maximum absolute atomic E-state index is 12.2. The number of amides is 1. The Kier molecular flexibility index (Phi) is 5.99. The normalized spacial score (nSPS) is 13.4. The molecule has 0 aromatic heterocycles. The fourth-order valence-corrected chi connectivity index (χ4v) is 2.41. The van der Waals surface area contributed by atoms with E-state index in [1.807, 2.05) is 61.5 Å². The molecule has 2 aromatic rings. The van der Waals surface area contributed by atoms with Crippen molar-refractivity contribution in [1.82, 2.24) is 5.32 Å². The Hall–Kier alpha value is -1.84. The first-order chi connectivity index (χ1) is 10.6. The zero-order chi connectivity index (χ0) is 15.9. The zero-order valence-corrected chi connectivity index (χ0v) is 13.5. The first-order valence-corrected chi connectivity index (χ1v) is 7.66. The second-order valence-electron chi connectivity index (χ2n) is 5.19. The van der Waals surface area contributed by atoms with Crippen LogP contribution < -0.4 is 5.32 Å². The molecule has 0 radical (unpaired) electrons. The highest BCUT2D eigenvalue weighted by Crippen LogP contribution is 2.22. The molecule has 0 saturated heterocycles. The van der Waals surface area contributed by atoms with Crippen molar-refractivity contribution in [3.8, 4) is 0 Å². The van der Waals surface area contributed by atoms with Crippen molar-refractivity contribution in [3.05, 3.63) is 70.7 Å². The van der Waals surface area contributed by atoms with E-state index in [1.165, 1.54) is 0 Å². The summed E-state index contributed by atoms with van der Waals surface area (Å²) in [4.78, 5) is 12.2. The van der Waals surface area contributed by atoms with Gasteiger partial charge in [-0.05, 0) is 31.0 Å². The summed E-state index contributed by atoms with van der Waals surface area (Å²) < 4.78 is 5.61. The average molecular weight is 318 g/mol. The Bertz CT molecular complexity index is 615. The van der Waals surface area contributed by atoms with Crippen LogP contribution in [0.25, 0.3) is 0 Å². The molecule has 0 fully saturated rings. The van der Waals surface area contributed by atoms with Crippen molar-refractivity contribution >= 4 is 17.5 Å². The van der Waals surface area contributed by atoms with Gasteiger partial charge in [0.05, 0.1) is 12.6 Å². The fraction of sp³-hybridized carbons (Fsp3) is 0.278. The van der Waals surface area contributed by atoms with Crippen molar-refractivity contribution in [2.24, 2.45) is 0 Å². The largest absolute Gasteiger partial charge is 0.364 e. The number of carbonyl (C=O) groups is 1. The number of carbonyl (C=O) groups excluding carboxylic acids is 1. The SMILES string of the molecule is CC(OCc1ccccc1)C(=O)NC(C)c1ccccc1Cl. The number of hydrogen-bond acceptors (Lipinski definition) is 2. The first kappa shape index (κ1) is 16.5. The van der Waals surface area contributed by atoms with Gasteiger partial charge in [-0.3, -0.25) is 4.79 Å². The molecule has 0 heterocycles. The van der Waals surface area contributed by atoms with E-state index in [1.54, 1.807) is 6.92 Å². The van der Waals surface area contributed by atoms with E-state index < -0.39 is 6.10 Å². The molecule has 0 aliphatic carbocycles. The van der Waals surface area contributed by atoms with Gasteiger partial charge in [0.25, 0.3) is 0 Å². The highest BCUT2D eigenvalue weighted by Gasteiger charge is 2.17. The molecule has 116 valence electrons. The van der Waals surface area contributed by atoms with E-state index in [9.17, 15) is 4.79 Å². The summed E-state index contributed by atoms with van der Waals surface area (Å²) in [5, 5.41) is 3.57. The van der Waals surface area contributed by atoms with Crippen LogP contribution in [0.4, 0.5) is 0 Å². The number of nitrogens with one attached hydrogen (secondary N) is 1. The van der Waals surface area contributed by atoms with Gasteiger partial charge in [-0.25, -0.2) is 0 Å². The highest BCUT2D eigenvalue weighted by molar-refractivity contribution is 6.31. The Labute approximate surface area is 136 Å². The van der Waals surface area contributed by atoms with Crippen LogP contribution in [0.3, 0.4) is 0 Å². The van der Waals surface area contributed by atoms with E-state index in [4.69, 9.17) is 16.3 Å². The number of ether oxygens (including phenoxy) is 1. The molecule has 0 bridgehead atoms. The van der Waals surface area contributed by atoms with Gasteiger partial charge in [0, 0.05) is 5.02 Å². The Morgan fingerprint density at radius 1 is 1.09 bits per heavy atom. The van der Waals surface area contributed by atoms with Gasteiger partial charge >= 0.3 is 0 Å². The predicted octanol–water partition coefficient (Wildman–Crippen LogP) is 4.12. The number of hydrogen-bond donors (Lipinski definition) is 1.